The lowest BCUT2D eigenvalue weighted by Crippen LogP contribution is -2.35. The Hall–Kier alpha value is -1.64. The third-order valence-electron chi connectivity index (χ3n) is 3.57. The maximum atomic E-state index is 12.7. The summed E-state index contributed by atoms with van der Waals surface area (Å²) < 4.78 is 18.7. The summed E-state index contributed by atoms with van der Waals surface area (Å²) in [5.41, 5.74) is 4.68. The minimum Gasteiger partial charge on any atom is -0.444 e. The van der Waals surface area contributed by atoms with Gasteiger partial charge in [-0.2, -0.15) is 0 Å². The van der Waals surface area contributed by atoms with E-state index in [-0.39, 0.29) is 12.0 Å². The van der Waals surface area contributed by atoms with Gasteiger partial charge < -0.3 is 13.8 Å². The van der Waals surface area contributed by atoms with Crippen LogP contribution in [-0.4, -0.2) is 24.0 Å². The molecule has 0 atom stereocenters. The van der Waals surface area contributed by atoms with E-state index in [1.807, 2.05) is 44.2 Å². The van der Waals surface area contributed by atoms with Gasteiger partial charge in [0, 0.05) is 5.41 Å². The van der Waals surface area contributed by atoms with E-state index >= 15 is 0 Å². The number of hydrogen-bond acceptors (Lipinski definition) is 4. The molecule has 1 aliphatic rings. The lowest BCUT2D eigenvalue weighted by molar-refractivity contribution is 0.0441. The van der Waals surface area contributed by atoms with E-state index in [0.717, 1.165) is 5.56 Å². The monoisotopic (exact) mass is 363 g/mol. The van der Waals surface area contributed by atoms with E-state index < -0.39 is 14.6 Å². The van der Waals surface area contributed by atoms with Gasteiger partial charge >= 0.3 is 6.09 Å². The summed E-state index contributed by atoms with van der Waals surface area (Å²) >= 11 is 0. The molecular formula is C19H26NO4P. The van der Waals surface area contributed by atoms with Crippen molar-refractivity contribution in [2.24, 2.45) is 5.41 Å². The van der Waals surface area contributed by atoms with Crippen LogP contribution in [-0.2, 0) is 20.4 Å². The maximum absolute atomic E-state index is 12.7. The van der Waals surface area contributed by atoms with Crippen molar-refractivity contribution in [1.29, 1.82) is 0 Å². The Bertz CT molecular complexity index is 628. The summed E-state index contributed by atoms with van der Waals surface area (Å²) in [7, 11) is -1.53. The molecule has 0 radical (unpaired) electrons. The van der Waals surface area contributed by atoms with Crippen LogP contribution >= 0.6 is 8.53 Å². The van der Waals surface area contributed by atoms with E-state index in [1.54, 1.807) is 6.08 Å². The molecule has 25 heavy (non-hydrogen) atoms. The molecule has 0 saturated carbocycles. The van der Waals surface area contributed by atoms with E-state index in [4.69, 9.17) is 13.8 Å². The van der Waals surface area contributed by atoms with Gasteiger partial charge in [-0.3, -0.25) is 0 Å². The topological polar surface area (TPSA) is 48.0 Å². The van der Waals surface area contributed by atoms with Crippen LogP contribution in [0.25, 0.3) is 0 Å². The van der Waals surface area contributed by atoms with Crippen molar-refractivity contribution in [3.8, 4) is 0 Å². The highest BCUT2D eigenvalue weighted by molar-refractivity contribution is 7.45. The molecule has 0 aliphatic carbocycles. The molecule has 1 aliphatic heterocycles. The van der Waals surface area contributed by atoms with Crippen LogP contribution in [0.2, 0.25) is 0 Å². The number of amides is 1. The number of nitrogens with zero attached hydrogens (tertiary/aromatic N) is 1. The van der Waals surface area contributed by atoms with Crippen LogP contribution in [0.15, 0.2) is 47.8 Å². The molecule has 2 rings (SSSR count). The number of carbonyl (C=O) groups excluding carboxylic acids is 1. The second-order valence-corrected chi connectivity index (χ2v) is 7.93. The molecule has 1 heterocycles. The Morgan fingerprint density at radius 2 is 1.96 bits per heavy atom. The number of benzene rings is 1. The predicted molar refractivity (Wildman–Crippen MR) is 98.6 cm³/mol. The first kappa shape index (κ1) is 19.7. The lowest BCUT2D eigenvalue weighted by atomic mass is 9.97. The molecule has 0 N–H and O–H groups in total. The minimum absolute atomic E-state index is 0.0604. The third kappa shape index (κ3) is 5.69. The van der Waals surface area contributed by atoms with Gasteiger partial charge in [0.25, 0.3) is 8.53 Å². The summed E-state index contributed by atoms with van der Waals surface area (Å²) in [6.07, 6.45) is 1.93. The first-order valence-electron chi connectivity index (χ1n) is 8.43. The summed E-state index contributed by atoms with van der Waals surface area (Å²) in [5, 5.41) is 0. The van der Waals surface area contributed by atoms with Crippen molar-refractivity contribution in [2.45, 2.75) is 40.7 Å². The Kier molecular flexibility index (Phi) is 7.22. The standard InChI is InChI=1S/C19H26NO4P/c1-5-10-17(6-2)20(25-23-14-19(3,4)15-24-25)18(21)22-13-16-11-8-7-9-12-16/h5,7-9,11-12H,6,13-15H2,1-4H3. The van der Waals surface area contributed by atoms with Gasteiger partial charge in [0.15, 0.2) is 0 Å². The van der Waals surface area contributed by atoms with Gasteiger partial charge in [-0.25, -0.2) is 9.46 Å². The zero-order valence-corrected chi connectivity index (χ0v) is 16.2. The second kappa shape index (κ2) is 9.17. The van der Waals surface area contributed by atoms with Crippen molar-refractivity contribution in [2.75, 3.05) is 13.2 Å². The van der Waals surface area contributed by atoms with Crippen LogP contribution in [0.3, 0.4) is 0 Å². The van der Waals surface area contributed by atoms with Gasteiger partial charge in [0.05, 0.1) is 18.9 Å². The first-order valence-corrected chi connectivity index (χ1v) is 9.56. The molecule has 0 spiro atoms. The predicted octanol–water partition coefficient (Wildman–Crippen LogP) is 5.39. The summed E-state index contributed by atoms with van der Waals surface area (Å²) in [6.45, 7) is 9.24. The highest BCUT2D eigenvalue weighted by atomic mass is 31.2. The molecule has 1 amide bonds. The van der Waals surface area contributed by atoms with Crippen LogP contribution in [0.4, 0.5) is 4.79 Å². The van der Waals surface area contributed by atoms with Gasteiger partial charge in [-0.05, 0) is 25.0 Å². The Labute approximate surface area is 151 Å². The lowest BCUT2D eigenvalue weighted by Gasteiger charge is -2.37. The largest absolute Gasteiger partial charge is 0.444 e. The SMILES string of the molecule is CC=C=C(CC)N(C(=O)OCc1ccccc1)P1OCC(C)(C)CO1. The minimum atomic E-state index is -1.53. The molecule has 1 fully saturated rings. The summed E-state index contributed by atoms with van der Waals surface area (Å²) in [4.78, 5) is 12.7. The van der Waals surface area contributed by atoms with E-state index in [1.165, 1.54) is 4.67 Å². The molecule has 1 aromatic carbocycles. The van der Waals surface area contributed by atoms with Crippen LogP contribution in [0.1, 0.15) is 39.7 Å². The number of ether oxygens (including phenoxy) is 1. The zero-order valence-electron chi connectivity index (χ0n) is 15.3. The first-order chi connectivity index (χ1) is 12.0. The molecule has 1 saturated heterocycles. The highest BCUT2D eigenvalue weighted by Gasteiger charge is 2.37. The highest BCUT2D eigenvalue weighted by Crippen LogP contribution is 2.51. The fourth-order valence-electron chi connectivity index (χ4n) is 2.19. The summed E-state index contributed by atoms with van der Waals surface area (Å²) in [6, 6.07) is 9.59. The van der Waals surface area contributed by atoms with E-state index in [9.17, 15) is 4.79 Å². The molecule has 0 bridgehead atoms. The molecular weight excluding hydrogens is 337 g/mol. The number of allylic oxidation sites excluding steroid dienone is 1. The smallest absolute Gasteiger partial charge is 0.421 e. The molecule has 0 aromatic heterocycles. The fraction of sp³-hybridized carbons (Fsp3) is 0.474. The second-order valence-electron chi connectivity index (χ2n) is 6.53. The van der Waals surface area contributed by atoms with Crippen LogP contribution < -0.4 is 0 Å². The van der Waals surface area contributed by atoms with Crippen molar-refractivity contribution in [1.82, 2.24) is 4.67 Å². The van der Waals surface area contributed by atoms with Gasteiger partial charge in [0.1, 0.15) is 6.61 Å². The van der Waals surface area contributed by atoms with Crippen LogP contribution in [0.5, 0.6) is 0 Å². The van der Waals surface area contributed by atoms with Gasteiger partial charge in [-0.15, -0.1) is 5.73 Å². The molecule has 0 unspecified atom stereocenters. The Balaban J connectivity index is 2.13. The summed E-state index contributed by atoms with van der Waals surface area (Å²) in [5.74, 6) is 0. The van der Waals surface area contributed by atoms with Gasteiger partial charge in [0.2, 0.25) is 0 Å². The Morgan fingerprint density at radius 3 is 2.52 bits per heavy atom. The average Bonchev–Trinajstić information content (AvgIpc) is 2.61. The average molecular weight is 363 g/mol. The van der Waals surface area contributed by atoms with E-state index in [0.29, 0.717) is 25.3 Å². The Morgan fingerprint density at radius 1 is 1.32 bits per heavy atom. The number of rotatable bonds is 5. The van der Waals surface area contributed by atoms with Crippen molar-refractivity contribution >= 4 is 14.6 Å². The molecule has 1 aromatic rings. The van der Waals surface area contributed by atoms with Crippen molar-refractivity contribution in [3.63, 3.8) is 0 Å². The zero-order chi connectivity index (χ0) is 18.3. The van der Waals surface area contributed by atoms with E-state index in [2.05, 4.69) is 19.6 Å². The number of hydrogen-bond donors (Lipinski definition) is 0. The quantitative estimate of drug-likeness (QED) is 0.519. The molecule has 136 valence electrons. The molecule has 6 heteroatoms. The maximum Gasteiger partial charge on any atom is 0.421 e. The fourth-order valence-corrected chi connectivity index (χ4v) is 4.00. The number of carbonyl (C=O) groups is 1. The third-order valence-corrected chi connectivity index (χ3v) is 5.01. The van der Waals surface area contributed by atoms with Crippen molar-refractivity contribution in [3.05, 3.63) is 53.4 Å². The van der Waals surface area contributed by atoms with Crippen LogP contribution in [0, 0.1) is 5.41 Å². The van der Waals surface area contributed by atoms with Gasteiger partial charge in [-0.1, -0.05) is 51.1 Å². The molecule has 5 nitrogen and oxygen atoms in total. The normalized spacial score (nSPS) is 16.6. The van der Waals surface area contributed by atoms with Crippen molar-refractivity contribution < 1.29 is 18.6 Å².